The molecule has 1 heterocycles. The maximum atomic E-state index is 13.1. The van der Waals surface area contributed by atoms with Crippen molar-refractivity contribution in [3.8, 4) is 5.75 Å². The molecule has 4 aromatic rings. The Morgan fingerprint density at radius 2 is 1.76 bits per heavy atom. The number of benzene rings is 3. The highest BCUT2D eigenvalue weighted by molar-refractivity contribution is 6.30. The smallest absolute Gasteiger partial charge is 0.335 e. The molecule has 168 valence electrons. The molecule has 7 heteroatoms. The predicted molar refractivity (Wildman–Crippen MR) is 128 cm³/mol. The monoisotopic (exact) mass is 462 g/mol. The molecule has 0 aliphatic rings. The molecule has 6 nitrogen and oxygen atoms in total. The first-order valence-corrected chi connectivity index (χ1v) is 10.9. The van der Waals surface area contributed by atoms with E-state index in [1.807, 2.05) is 48.0 Å². The van der Waals surface area contributed by atoms with Crippen LogP contribution in [0.15, 0.2) is 79.0 Å². The van der Waals surface area contributed by atoms with Crippen LogP contribution in [0, 0.1) is 0 Å². The van der Waals surface area contributed by atoms with E-state index in [2.05, 4.69) is 5.32 Å². The van der Waals surface area contributed by atoms with Gasteiger partial charge in [0.15, 0.2) is 0 Å². The van der Waals surface area contributed by atoms with Gasteiger partial charge in [0.2, 0.25) is 0 Å². The van der Waals surface area contributed by atoms with Gasteiger partial charge < -0.3 is 19.7 Å². The first-order valence-electron chi connectivity index (χ1n) is 10.5. The van der Waals surface area contributed by atoms with Gasteiger partial charge >= 0.3 is 5.97 Å². The van der Waals surface area contributed by atoms with Crippen molar-refractivity contribution in [3.05, 3.63) is 101 Å². The SMILES string of the molecule is C[C@H](NC(=O)c1cccc2ccn(CCOc3ccc(Cl)cc3)c12)c1ccc(C(=O)O)cc1. The number of rotatable bonds is 8. The number of aromatic carboxylic acids is 1. The summed E-state index contributed by atoms with van der Waals surface area (Å²) in [6, 6.07) is 21.0. The molecule has 0 aliphatic heterocycles. The molecule has 0 aliphatic carbocycles. The lowest BCUT2D eigenvalue weighted by molar-refractivity contribution is 0.0696. The van der Waals surface area contributed by atoms with Gasteiger partial charge in [-0.15, -0.1) is 0 Å². The molecule has 0 bridgehead atoms. The predicted octanol–water partition coefficient (Wildman–Crippen LogP) is 5.56. The van der Waals surface area contributed by atoms with Gasteiger partial charge in [-0.05, 0) is 61.0 Å². The molecule has 33 heavy (non-hydrogen) atoms. The van der Waals surface area contributed by atoms with Crippen LogP contribution in [-0.2, 0) is 6.54 Å². The Hall–Kier alpha value is -3.77. The number of carbonyl (C=O) groups excluding carboxylic acids is 1. The number of carboxylic acid groups (broad SMARTS) is 1. The average molecular weight is 463 g/mol. The average Bonchev–Trinajstić information content (AvgIpc) is 3.23. The Morgan fingerprint density at radius 1 is 1.03 bits per heavy atom. The lowest BCUT2D eigenvalue weighted by atomic mass is 10.0. The number of ether oxygens (including phenoxy) is 1. The zero-order valence-electron chi connectivity index (χ0n) is 18.0. The molecular weight excluding hydrogens is 440 g/mol. The molecule has 0 fully saturated rings. The van der Waals surface area contributed by atoms with Crippen molar-refractivity contribution in [2.24, 2.45) is 0 Å². The van der Waals surface area contributed by atoms with Crippen molar-refractivity contribution in [1.82, 2.24) is 9.88 Å². The second-order valence-corrected chi connectivity index (χ2v) is 8.11. The summed E-state index contributed by atoms with van der Waals surface area (Å²) in [4.78, 5) is 24.2. The van der Waals surface area contributed by atoms with E-state index in [1.165, 1.54) is 12.1 Å². The summed E-state index contributed by atoms with van der Waals surface area (Å²) >= 11 is 5.91. The Kier molecular flexibility index (Phi) is 6.66. The third-order valence-electron chi connectivity index (χ3n) is 5.45. The second kappa shape index (κ2) is 9.79. The van der Waals surface area contributed by atoms with Crippen LogP contribution in [0.4, 0.5) is 0 Å². The lowest BCUT2D eigenvalue weighted by Gasteiger charge is -2.16. The molecular formula is C26H23ClN2O4. The van der Waals surface area contributed by atoms with Crippen LogP contribution in [0.2, 0.25) is 5.02 Å². The molecule has 0 saturated heterocycles. The van der Waals surface area contributed by atoms with Crippen LogP contribution in [0.25, 0.3) is 10.9 Å². The van der Waals surface area contributed by atoms with Gasteiger partial charge in [0, 0.05) is 16.6 Å². The molecule has 0 saturated carbocycles. The number of nitrogens with zero attached hydrogens (tertiary/aromatic N) is 1. The third-order valence-corrected chi connectivity index (χ3v) is 5.70. The molecule has 0 spiro atoms. The Bertz CT molecular complexity index is 1280. The molecule has 2 N–H and O–H groups in total. The zero-order chi connectivity index (χ0) is 23.4. The van der Waals surface area contributed by atoms with E-state index in [0.717, 1.165) is 22.2 Å². The van der Waals surface area contributed by atoms with Crippen LogP contribution >= 0.6 is 11.6 Å². The number of aromatic nitrogens is 1. The van der Waals surface area contributed by atoms with Crippen molar-refractivity contribution in [2.75, 3.05) is 6.61 Å². The molecule has 0 unspecified atom stereocenters. The number of amides is 1. The van der Waals surface area contributed by atoms with Crippen molar-refractivity contribution in [1.29, 1.82) is 0 Å². The van der Waals surface area contributed by atoms with E-state index in [4.69, 9.17) is 21.4 Å². The van der Waals surface area contributed by atoms with E-state index in [1.54, 1.807) is 30.3 Å². The van der Waals surface area contributed by atoms with Crippen LogP contribution in [0.5, 0.6) is 5.75 Å². The number of nitrogens with one attached hydrogen (secondary N) is 1. The highest BCUT2D eigenvalue weighted by Gasteiger charge is 2.17. The standard InChI is InChI=1S/C26H23ClN2O4/c1-17(18-5-7-20(8-6-18)26(31)32)28-25(30)23-4-2-3-19-13-14-29(24(19)23)15-16-33-22-11-9-21(27)10-12-22/h2-14,17H,15-16H2,1H3,(H,28,30)(H,31,32)/t17-/m0/s1. The van der Waals surface area contributed by atoms with Crippen molar-refractivity contribution in [2.45, 2.75) is 19.5 Å². The van der Waals surface area contributed by atoms with Crippen LogP contribution in [-0.4, -0.2) is 28.2 Å². The topological polar surface area (TPSA) is 80.6 Å². The molecule has 1 aromatic heterocycles. The quantitative estimate of drug-likeness (QED) is 0.359. The fourth-order valence-corrected chi connectivity index (χ4v) is 3.82. The first-order chi connectivity index (χ1) is 15.9. The number of hydrogen-bond donors (Lipinski definition) is 2. The van der Waals surface area contributed by atoms with Gasteiger partial charge in [0.1, 0.15) is 12.4 Å². The number of carboxylic acids is 1. The van der Waals surface area contributed by atoms with Gasteiger partial charge in [0.05, 0.1) is 29.2 Å². The fraction of sp³-hybridized carbons (Fsp3) is 0.154. The number of carbonyl (C=O) groups is 2. The highest BCUT2D eigenvalue weighted by atomic mass is 35.5. The summed E-state index contributed by atoms with van der Waals surface area (Å²) in [5.41, 5.74) is 2.44. The Morgan fingerprint density at radius 3 is 2.45 bits per heavy atom. The first kappa shape index (κ1) is 22.4. The van der Waals surface area contributed by atoms with Crippen molar-refractivity contribution >= 4 is 34.4 Å². The van der Waals surface area contributed by atoms with Gasteiger partial charge in [-0.2, -0.15) is 0 Å². The number of fused-ring (bicyclic) bond motifs is 1. The third kappa shape index (κ3) is 5.18. The minimum Gasteiger partial charge on any atom is -0.492 e. The fourth-order valence-electron chi connectivity index (χ4n) is 3.70. The second-order valence-electron chi connectivity index (χ2n) is 7.68. The van der Waals surface area contributed by atoms with Crippen LogP contribution in [0.3, 0.4) is 0 Å². The van der Waals surface area contributed by atoms with Crippen LogP contribution < -0.4 is 10.1 Å². The highest BCUT2D eigenvalue weighted by Crippen LogP contribution is 2.22. The minimum atomic E-state index is -0.981. The van der Waals surface area contributed by atoms with E-state index >= 15 is 0 Å². The largest absolute Gasteiger partial charge is 0.492 e. The van der Waals surface area contributed by atoms with Gasteiger partial charge in [-0.3, -0.25) is 4.79 Å². The normalized spacial score (nSPS) is 11.8. The summed E-state index contributed by atoms with van der Waals surface area (Å²) in [6.45, 7) is 2.88. The molecule has 0 radical (unpaired) electrons. The van der Waals surface area contributed by atoms with Gasteiger partial charge in [0.25, 0.3) is 5.91 Å². The van der Waals surface area contributed by atoms with E-state index in [9.17, 15) is 9.59 Å². The minimum absolute atomic E-state index is 0.200. The van der Waals surface area contributed by atoms with Gasteiger partial charge in [-0.1, -0.05) is 35.9 Å². The summed E-state index contributed by atoms with van der Waals surface area (Å²) < 4.78 is 7.82. The number of hydrogen-bond acceptors (Lipinski definition) is 3. The summed E-state index contributed by atoms with van der Waals surface area (Å²) in [6.07, 6.45) is 1.95. The Labute approximate surface area is 196 Å². The van der Waals surface area contributed by atoms with E-state index in [0.29, 0.717) is 23.7 Å². The maximum absolute atomic E-state index is 13.1. The van der Waals surface area contributed by atoms with Crippen molar-refractivity contribution < 1.29 is 19.4 Å². The summed E-state index contributed by atoms with van der Waals surface area (Å²) in [5.74, 6) is -0.448. The lowest BCUT2D eigenvalue weighted by Crippen LogP contribution is -2.27. The van der Waals surface area contributed by atoms with Crippen molar-refractivity contribution in [3.63, 3.8) is 0 Å². The Balaban J connectivity index is 1.48. The zero-order valence-corrected chi connectivity index (χ0v) is 18.8. The number of para-hydroxylation sites is 1. The van der Waals surface area contributed by atoms with E-state index in [-0.39, 0.29) is 17.5 Å². The molecule has 1 amide bonds. The molecule has 4 rings (SSSR count). The summed E-state index contributed by atoms with van der Waals surface area (Å²) in [5, 5.41) is 13.7. The van der Waals surface area contributed by atoms with Gasteiger partial charge in [-0.25, -0.2) is 4.79 Å². The number of halogens is 1. The van der Waals surface area contributed by atoms with E-state index < -0.39 is 5.97 Å². The summed E-state index contributed by atoms with van der Waals surface area (Å²) in [7, 11) is 0. The molecule has 3 aromatic carbocycles. The maximum Gasteiger partial charge on any atom is 0.335 e. The molecule has 1 atom stereocenters. The van der Waals surface area contributed by atoms with Crippen LogP contribution in [0.1, 0.15) is 39.2 Å².